The third kappa shape index (κ3) is 4.04. The van der Waals surface area contributed by atoms with Gasteiger partial charge in [0.15, 0.2) is 0 Å². The Morgan fingerprint density at radius 3 is 2.80 bits per heavy atom. The number of ether oxygens (including phenoxy) is 1. The van der Waals surface area contributed by atoms with Crippen LogP contribution in [-0.2, 0) is 4.74 Å². The van der Waals surface area contributed by atoms with Gasteiger partial charge in [0, 0.05) is 51.3 Å². The minimum absolute atomic E-state index is 0.0173. The Bertz CT molecular complexity index is 553. The first-order valence-electron chi connectivity index (χ1n) is 9.68. The first-order valence-corrected chi connectivity index (χ1v) is 9.68. The molecule has 1 spiro atoms. The summed E-state index contributed by atoms with van der Waals surface area (Å²) in [5.41, 5.74) is 0.932. The van der Waals surface area contributed by atoms with Crippen LogP contribution in [0.4, 0.5) is 0 Å². The highest BCUT2D eigenvalue weighted by atomic mass is 16.5. The molecule has 5 heteroatoms. The third-order valence-corrected chi connectivity index (χ3v) is 6.22. The highest BCUT2D eigenvalue weighted by molar-refractivity contribution is 5.93. The number of rotatable bonds is 6. The summed E-state index contributed by atoms with van der Waals surface area (Å²) in [6.07, 6.45) is 7.92. The quantitative estimate of drug-likeness (QED) is 0.861. The number of hydrogen-bond donors (Lipinski definition) is 1. The van der Waals surface area contributed by atoms with E-state index in [1.165, 1.54) is 12.8 Å². The van der Waals surface area contributed by atoms with Gasteiger partial charge in [0.25, 0.3) is 5.91 Å². The topological polar surface area (TPSA) is 54.5 Å². The van der Waals surface area contributed by atoms with Crippen LogP contribution in [0.2, 0.25) is 0 Å². The minimum Gasteiger partial charge on any atom is -0.381 e. The van der Waals surface area contributed by atoms with Crippen LogP contribution in [0.3, 0.4) is 0 Å². The fraction of sp³-hybridized carbons (Fsp3) is 0.700. The molecule has 0 aromatic carbocycles. The summed E-state index contributed by atoms with van der Waals surface area (Å²) in [4.78, 5) is 19.1. The maximum absolute atomic E-state index is 12.4. The maximum atomic E-state index is 12.4. The van der Waals surface area contributed by atoms with Crippen molar-refractivity contribution in [1.29, 1.82) is 0 Å². The molecule has 3 heterocycles. The second kappa shape index (κ2) is 8.28. The number of nitrogens with one attached hydrogen (secondary N) is 1. The highest BCUT2D eigenvalue weighted by Crippen LogP contribution is 2.45. The van der Waals surface area contributed by atoms with Gasteiger partial charge in [-0.2, -0.15) is 0 Å². The molecule has 0 saturated carbocycles. The van der Waals surface area contributed by atoms with E-state index in [1.54, 1.807) is 18.5 Å². The lowest BCUT2D eigenvalue weighted by Gasteiger charge is -2.38. The smallest absolute Gasteiger partial charge is 0.252 e. The summed E-state index contributed by atoms with van der Waals surface area (Å²) in [6.45, 7) is 9.23. The molecule has 25 heavy (non-hydrogen) atoms. The van der Waals surface area contributed by atoms with Gasteiger partial charge in [-0.25, -0.2) is 0 Å². The lowest BCUT2D eigenvalue weighted by atomic mass is 9.72. The van der Waals surface area contributed by atoms with Crippen LogP contribution in [0.1, 0.15) is 49.9 Å². The second-order valence-electron chi connectivity index (χ2n) is 7.52. The van der Waals surface area contributed by atoms with Gasteiger partial charge in [-0.3, -0.25) is 14.7 Å². The average molecular weight is 345 g/mol. The molecule has 2 aliphatic rings. The Hall–Kier alpha value is -1.46. The molecule has 0 radical (unpaired) electrons. The fourth-order valence-corrected chi connectivity index (χ4v) is 4.60. The van der Waals surface area contributed by atoms with Gasteiger partial charge < -0.3 is 10.1 Å². The summed E-state index contributed by atoms with van der Waals surface area (Å²) in [5, 5.41) is 3.16. The molecular weight excluding hydrogens is 314 g/mol. The van der Waals surface area contributed by atoms with Crippen molar-refractivity contribution in [3.63, 3.8) is 0 Å². The lowest BCUT2D eigenvalue weighted by molar-refractivity contribution is -0.00140. The van der Waals surface area contributed by atoms with Crippen molar-refractivity contribution in [1.82, 2.24) is 15.2 Å². The molecule has 2 saturated heterocycles. The summed E-state index contributed by atoms with van der Waals surface area (Å²) in [7, 11) is 0. The Morgan fingerprint density at radius 2 is 2.16 bits per heavy atom. The fourth-order valence-electron chi connectivity index (χ4n) is 4.60. The van der Waals surface area contributed by atoms with E-state index in [0.29, 0.717) is 22.9 Å². The number of likely N-dealkylation sites (tertiary alicyclic amines) is 1. The average Bonchev–Trinajstić information content (AvgIpc) is 2.99. The molecule has 1 atom stereocenters. The standard InChI is InChI=1S/C20H31N3O2/c1-3-18(4-2)23-14-17(20(15-23)7-10-25-11-8-20)13-22-19(24)16-6-5-9-21-12-16/h5-6,9,12,17-18H,3-4,7-8,10-11,13-15H2,1-2H3,(H,22,24). The van der Waals surface area contributed by atoms with Crippen molar-refractivity contribution in [3.05, 3.63) is 30.1 Å². The summed E-state index contributed by atoms with van der Waals surface area (Å²) in [6, 6.07) is 4.27. The van der Waals surface area contributed by atoms with Crippen molar-refractivity contribution in [3.8, 4) is 0 Å². The molecule has 5 nitrogen and oxygen atoms in total. The normalized spacial score (nSPS) is 23.2. The van der Waals surface area contributed by atoms with Crippen LogP contribution in [-0.4, -0.2) is 54.7 Å². The Kier molecular flexibility index (Phi) is 6.07. The van der Waals surface area contributed by atoms with Crippen LogP contribution >= 0.6 is 0 Å². The van der Waals surface area contributed by atoms with Gasteiger partial charge in [-0.05, 0) is 49.1 Å². The SMILES string of the molecule is CCC(CC)N1CC(CNC(=O)c2cccnc2)C2(CCOCC2)C1. The molecule has 3 rings (SSSR count). The van der Waals surface area contributed by atoms with E-state index in [1.807, 2.05) is 6.07 Å². The number of nitrogens with zero attached hydrogens (tertiary/aromatic N) is 2. The van der Waals surface area contributed by atoms with Gasteiger partial charge in [-0.15, -0.1) is 0 Å². The summed E-state index contributed by atoms with van der Waals surface area (Å²) < 4.78 is 5.63. The van der Waals surface area contributed by atoms with Crippen LogP contribution in [0.15, 0.2) is 24.5 Å². The molecule has 138 valence electrons. The first-order chi connectivity index (χ1) is 12.2. The molecule has 1 N–H and O–H groups in total. The number of pyridine rings is 1. The second-order valence-corrected chi connectivity index (χ2v) is 7.52. The third-order valence-electron chi connectivity index (χ3n) is 6.22. The van der Waals surface area contributed by atoms with E-state index < -0.39 is 0 Å². The first kappa shape index (κ1) is 18.3. The largest absolute Gasteiger partial charge is 0.381 e. The number of amides is 1. The van der Waals surface area contributed by atoms with Crippen LogP contribution < -0.4 is 5.32 Å². The van der Waals surface area contributed by atoms with Gasteiger partial charge >= 0.3 is 0 Å². The zero-order valence-electron chi connectivity index (χ0n) is 15.5. The van der Waals surface area contributed by atoms with Gasteiger partial charge in [0.05, 0.1) is 5.56 Å². The maximum Gasteiger partial charge on any atom is 0.252 e. The van der Waals surface area contributed by atoms with Crippen molar-refractivity contribution in [2.24, 2.45) is 11.3 Å². The van der Waals surface area contributed by atoms with E-state index in [4.69, 9.17) is 4.74 Å². The van der Waals surface area contributed by atoms with E-state index in [0.717, 1.165) is 45.7 Å². The Labute approximate surface area is 151 Å². The predicted molar refractivity (Wildman–Crippen MR) is 98.5 cm³/mol. The molecule has 2 fully saturated rings. The van der Waals surface area contributed by atoms with Crippen LogP contribution in [0, 0.1) is 11.3 Å². The molecular formula is C20H31N3O2. The zero-order valence-corrected chi connectivity index (χ0v) is 15.5. The molecule has 2 aliphatic heterocycles. The van der Waals surface area contributed by atoms with Gasteiger partial charge in [-0.1, -0.05) is 13.8 Å². The molecule has 0 aliphatic carbocycles. The van der Waals surface area contributed by atoms with Crippen LogP contribution in [0.25, 0.3) is 0 Å². The molecule has 0 bridgehead atoms. The number of carbonyl (C=O) groups excluding carboxylic acids is 1. The van der Waals surface area contributed by atoms with E-state index in [-0.39, 0.29) is 5.91 Å². The van der Waals surface area contributed by atoms with E-state index in [9.17, 15) is 4.79 Å². The number of carbonyl (C=O) groups is 1. The van der Waals surface area contributed by atoms with Crippen molar-refractivity contribution in [2.75, 3.05) is 32.8 Å². The lowest BCUT2D eigenvalue weighted by Crippen LogP contribution is -2.42. The Morgan fingerprint density at radius 1 is 1.40 bits per heavy atom. The van der Waals surface area contributed by atoms with Gasteiger partial charge in [0.2, 0.25) is 0 Å². The zero-order chi connectivity index (χ0) is 17.7. The molecule has 1 unspecified atom stereocenters. The van der Waals surface area contributed by atoms with Crippen molar-refractivity contribution >= 4 is 5.91 Å². The monoisotopic (exact) mass is 345 g/mol. The van der Waals surface area contributed by atoms with E-state index >= 15 is 0 Å². The number of aromatic nitrogens is 1. The van der Waals surface area contributed by atoms with Crippen molar-refractivity contribution in [2.45, 2.75) is 45.6 Å². The van der Waals surface area contributed by atoms with Crippen LogP contribution in [0.5, 0.6) is 0 Å². The highest BCUT2D eigenvalue weighted by Gasteiger charge is 2.48. The predicted octanol–water partition coefficient (Wildman–Crippen LogP) is 2.73. The van der Waals surface area contributed by atoms with Crippen molar-refractivity contribution < 1.29 is 9.53 Å². The minimum atomic E-state index is -0.0173. The molecule has 1 aromatic heterocycles. The Balaban J connectivity index is 1.67. The van der Waals surface area contributed by atoms with Gasteiger partial charge in [0.1, 0.15) is 0 Å². The molecule has 1 aromatic rings. The molecule has 1 amide bonds. The number of hydrogen-bond acceptors (Lipinski definition) is 4. The summed E-state index contributed by atoms with van der Waals surface area (Å²) >= 11 is 0. The summed E-state index contributed by atoms with van der Waals surface area (Å²) in [5.74, 6) is 0.480. The van der Waals surface area contributed by atoms with E-state index in [2.05, 4.69) is 29.0 Å².